The molecule has 1 aromatic rings. The van der Waals surface area contributed by atoms with Crippen LogP contribution in [0.1, 0.15) is 20.3 Å². The van der Waals surface area contributed by atoms with E-state index in [-0.39, 0.29) is 0 Å². The van der Waals surface area contributed by atoms with Gasteiger partial charge in [-0.3, -0.25) is 0 Å². The molecule has 0 aliphatic heterocycles. The molecular formula is C13H22N2O. The fourth-order valence-electron chi connectivity index (χ4n) is 1.40. The third kappa shape index (κ3) is 4.53. The number of hydrogen-bond acceptors (Lipinski definition) is 3. The summed E-state index contributed by atoms with van der Waals surface area (Å²) in [6.07, 6.45) is 1.17. The topological polar surface area (TPSA) is 33.3 Å². The van der Waals surface area contributed by atoms with Crippen LogP contribution in [-0.2, 0) is 0 Å². The van der Waals surface area contributed by atoms with Gasteiger partial charge in [0.1, 0.15) is 5.75 Å². The van der Waals surface area contributed by atoms with Gasteiger partial charge >= 0.3 is 0 Å². The molecule has 1 aromatic carbocycles. The van der Waals surface area contributed by atoms with E-state index in [9.17, 15) is 0 Å². The minimum atomic E-state index is 0.590. The third-order valence-corrected chi connectivity index (χ3v) is 2.63. The van der Waals surface area contributed by atoms with Gasteiger partial charge in [-0.1, -0.05) is 13.0 Å². The molecule has 0 bridgehead atoms. The van der Waals surface area contributed by atoms with E-state index in [1.165, 1.54) is 6.42 Å². The molecule has 0 fully saturated rings. The molecule has 90 valence electrons. The predicted octanol–water partition coefficient (Wildman–Crippen LogP) is 2.50. The van der Waals surface area contributed by atoms with E-state index in [1.807, 2.05) is 24.3 Å². The number of anilines is 1. The molecular weight excluding hydrogens is 200 g/mol. The highest BCUT2D eigenvalue weighted by Gasteiger charge is 1.97. The molecule has 0 saturated carbocycles. The van der Waals surface area contributed by atoms with Gasteiger partial charge in [0.15, 0.2) is 0 Å². The summed E-state index contributed by atoms with van der Waals surface area (Å²) in [5.41, 5.74) is 1.10. The van der Waals surface area contributed by atoms with Crippen molar-refractivity contribution in [2.45, 2.75) is 26.3 Å². The molecule has 0 radical (unpaired) electrons. The molecule has 0 amide bonds. The van der Waals surface area contributed by atoms with Crippen molar-refractivity contribution in [3.63, 3.8) is 0 Å². The zero-order chi connectivity index (χ0) is 11.8. The van der Waals surface area contributed by atoms with Crippen LogP contribution in [0.25, 0.3) is 0 Å². The van der Waals surface area contributed by atoms with Crippen LogP contribution >= 0.6 is 0 Å². The minimum Gasteiger partial charge on any atom is -0.497 e. The van der Waals surface area contributed by atoms with Crippen LogP contribution in [0, 0.1) is 0 Å². The molecule has 3 heteroatoms. The summed E-state index contributed by atoms with van der Waals surface area (Å²) in [4.78, 5) is 0. The van der Waals surface area contributed by atoms with E-state index >= 15 is 0 Å². The Labute approximate surface area is 98.2 Å². The van der Waals surface area contributed by atoms with Gasteiger partial charge in [0, 0.05) is 30.9 Å². The van der Waals surface area contributed by atoms with E-state index in [4.69, 9.17) is 4.74 Å². The Hall–Kier alpha value is -1.22. The summed E-state index contributed by atoms with van der Waals surface area (Å²) in [7, 11) is 1.68. The zero-order valence-electron chi connectivity index (χ0n) is 10.4. The van der Waals surface area contributed by atoms with Crippen molar-refractivity contribution >= 4 is 5.69 Å². The summed E-state index contributed by atoms with van der Waals surface area (Å²) in [6.45, 7) is 6.29. The highest BCUT2D eigenvalue weighted by Crippen LogP contribution is 2.15. The first-order valence-electron chi connectivity index (χ1n) is 5.87. The van der Waals surface area contributed by atoms with Gasteiger partial charge in [-0.15, -0.1) is 0 Å². The molecule has 2 N–H and O–H groups in total. The van der Waals surface area contributed by atoms with Gasteiger partial charge in [0.25, 0.3) is 0 Å². The highest BCUT2D eigenvalue weighted by molar-refractivity contribution is 5.48. The molecule has 1 rings (SSSR count). The van der Waals surface area contributed by atoms with Crippen LogP contribution in [-0.4, -0.2) is 26.2 Å². The van der Waals surface area contributed by atoms with Crippen molar-refractivity contribution in [1.82, 2.24) is 5.32 Å². The number of benzene rings is 1. The predicted molar refractivity (Wildman–Crippen MR) is 69.2 cm³/mol. The Morgan fingerprint density at radius 1 is 1.31 bits per heavy atom. The second-order valence-corrected chi connectivity index (χ2v) is 3.92. The third-order valence-electron chi connectivity index (χ3n) is 2.63. The number of hydrogen-bond donors (Lipinski definition) is 2. The van der Waals surface area contributed by atoms with Crippen molar-refractivity contribution < 1.29 is 4.74 Å². The average molecular weight is 222 g/mol. The van der Waals surface area contributed by atoms with Crippen molar-refractivity contribution in [2.24, 2.45) is 0 Å². The number of methoxy groups -OCH3 is 1. The molecule has 0 heterocycles. The van der Waals surface area contributed by atoms with Crippen molar-refractivity contribution in [2.75, 3.05) is 25.5 Å². The van der Waals surface area contributed by atoms with Gasteiger partial charge in [-0.2, -0.15) is 0 Å². The van der Waals surface area contributed by atoms with Crippen molar-refractivity contribution in [3.05, 3.63) is 24.3 Å². The maximum atomic E-state index is 5.16. The lowest BCUT2D eigenvalue weighted by molar-refractivity contribution is 0.415. The van der Waals surface area contributed by atoms with Crippen LogP contribution in [0.3, 0.4) is 0 Å². The van der Waals surface area contributed by atoms with Gasteiger partial charge in [0.05, 0.1) is 7.11 Å². The summed E-state index contributed by atoms with van der Waals surface area (Å²) in [5.74, 6) is 0.889. The Morgan fingerprint density at radius 2 is 2.12 bits per heavy atom. The second kappa shape index (κ2) is 7.12. The quantitative estimate of drug-likeness (QED) is 0.695. The molecule has 1 atom stereocenters. The first kappa shape index (κ1) is 12.8. The Morgan fingerprint density at radius 3 is 2.81 bits per heavy atom. The number of nitrogens with one attached hydrogen (secondary N) is 2. The lowest BCUT2D eigenvalue weighted by Crippen LogP contribution is -2.30. The summed E-state index contributed by atoms with van der Waals surface area (Å²) in [6, 6.07) is 8.58. The second-order valence-electron chi connectivity index (χ2n) is 3.92. The molecule has 3 nitrogen and oxygen atoms in total. The fraction of sp³-hybridized carbons (Fsp3) is 0.538. The maximum absolute atomic E-state index is 5.16. The number of rotatable bonds is 7. The normalized spacial score (nSPS) is 12.2. The zero-order valence-corrected chi connectivity index (χ0v) is 10.4. The maximum Gasteiger partial charge on any atom is 0.120 e. The van der Waals surface area contributed by atoms with Crippen molar-refractivity contribution in [3.8, 4) is 5.75 Å². The lowest BCUT2D eigenvalue weighted by Gasteiger charge is -2.12. The Balaban J connectivity index is 2.26. The van der Waals surface area contributed by atoms with Crippen LogP contribution in [0.2, 0.25) is 0 Å². The van der Waals surface area contributed by atoms with Gasteiger partial charge < -0.3 is 15.4 Å². The minimum absolute atomic E-state index is 0.590. The molecule has 0 aromatic heterocycles. The first-order chi connectivity index (χ1) is 7.76. The van der Waals surface area contributed by atoms with E-state index in [0.29, 0.717) is 6.04 Å². The van der Waals surface area contributed by atoms with E-state index in [1.54, 1.807) is 7.11 Å². The molecule has 0 aliphatic carbocycles. The van der Waals surface area contributed by atoms with Crippen molar-refractivity contribution in [1.29, 1.82) is 0 Å². The van der Waals surface area contributed by atoms with E-state index < -0.39 is 0 Å². The van der Waals surface area contributed by atoms with Crippen LogP contribution < -0.4 is 15.4 Å². The molecule has 0 aliphatic rings. The lowest BCUT2D eigenvalue weighted by atomic mass is 10.2. The largest absolute Gasteiger partial charge is 0.497 e. The highest BCUT2D eigenvalue weighted by atomic mass is 16.5. The Kier molecular flexibility index (Phi) is 5.72. The smallest absolute Gasteiger partial charge is 0.120 e. The van der Waals surface area contributed by atoms with E-state index in [0.717, 1.165) is 24.5 Å². The standard InChI is InChI=1S/C13H22N2O/c1-4-11(2)14-8-9-15-12-6-5-7-13(10-12)16-3/h5-7,10-11,14-15H,4,8-9H2,1-3H3. The monoisotopic (exact) mass is 222 g/mol. The molecule has 0 saturated heterocycles. The van der Waals surface area contributed by atoms with Crippen LogP contribution in [0.5, 0.6) is 5.75 Å². The molecule has 0 spiro atoms. The van der Waals surface area contributed by atoms with Crippen LogP contribution in [0.4, 0.5) is 5.69 Å². The molecule has 16 heavy (non-hydrogen) atoms. The molecule has 1 unspecified atom stereocenters. The summed E-state index contributed by atoms with van der Waals surface area (Å²) >= 11 is 0. The fourth-order valence-corrected chi connectivity index (χ4v) is 1.40. The van der Waals surface area contributed by atoms with Crippen LogP contribution in [0.15, 0.2) is 24.3 Å². The number of ether oxygens (including phenoxy) is 1. The van der Waals surface area contributed by atoms with Gasteiger partial charge in [-0.05, 0) is 25.5 Å². The SMILES string of the molecule is CCC(C)NCCNc1cccc(OC)c1. The first-order valence-corrected chi connectivity index (χ1v) is 5.87. The van der Waals surface area contributed by atoms with E-state index in [2.05, 4.69) is 24.5 Å². The summed E-state index contributed by atoms with van der Waals surface area (Å²) in [5, 5.41) is 6.79. The Bertz CT molecular complexity index is 302. The summed E-state index contributed by atoms with van der Waals surface area (Å²) < 4.78 is 5.16. The van der Waals surface area contributed by atoms with Gasteiger partial charge in [0.2, 0.25) is 0 Å². The van der Waals surface area contributed by atoms with Gasteiger partial charge in [-0.25, -0.2) is 0 Å². The average Bonchev–Trinajstić information content (AvgIpc) is 2.34.